The Morgan fingerprint density at radius 1 is 1.42 bits per heavy atom. The van der Waals surface area contributed by atoms with Crippen molar-refractivity contribution in [2.75, 3.05) is 11.9 Å². The molecule has 0 saturated heterocycles. The lowest BCUT2D eigenvalue weighted by Crippen LogP contribution is -2.19. The lowest BCUT2D eigenvalue weighted by Gasteiger charge is -2.19. The van der Waals surface area contributed by atoms with Crippen LogP contribution >= 0.6 is 34.8 Å². The smallest absolute Gasteiger partial charge is 0.266 e. The zero-order valence-electron chi connectivity index (χ0n) is 10.1. The molecule has 0 aliphatic carbocycles. The molecule has 0 unspecified atom stereocenters. The highest BCUT2D eigenvalue weighted by Crippen LogP contribution is 2.24. The van der Waals surface area contributed by atoms with Gasteiger partial charge in [0, 0.05) is 18.3 Å². The summed E-state index contributed by atoms with van der Waals surface area (Å²) in [5.41, 5.74) is 7.10. The number of nitrogens with one attached hydrogen (secondary N) is 1. The minimum absolute atomic E-state index is 0.155. The van der Waals surface area contributed by atoms with Gasteiger partial charge in [-0.15, -0.1) is 0 Å². The van der Waals surface area contributed by atoms with Crippen LogP contribution in [0.25, 0.3) is 0 Å². The Morgan fingerprint density at radius 3 is 2.63 bits per heavy atom. The minimum atomic E-state index is -0.155. The summed E-state index contributed by atoms with van der Waals surface area (Å²) in [6.07, 6.45) is 1.39. The Bertz CT molecular complexity index is 668. The molecule has 0 radical (unpaired) electrons. The minimum Gasteiger partial charge on any atom is -0.389 e. The number of benzene rings is 1. The summed E-state index contributed by atoms with van der Waals surface area (Å²) in [5.74, 6) is 0.604. The molecular formula is C12H11IN4OS. The number of hydrogen-bond donors (Lipinski definition) is 2. The second kappa shape index (κ2) is 5.66. The number of nitrogens with zero attached hydrogens (tertiary/aromatic N) is 2. The molecule has 19 heavy (non-hydrogen) atoms. The van der Waals surface area contributed by atoms with Crippen molar-refractivity contribution >= 4 is 51.3 Å². The number of H-pyrrole nitrogens is 1. The van der Waals surface area contributed by atoms with Crippen LogP contribution in [-0.4, -0.2) is 22.0 Å². The number of thiocarbonyl (C=S) groups is 1. The SMILES string of the molecule is CN(c1ccc(C(N)=S)cc1)c1nc[nH]c(=O)c1I. The monoisotopic (exact) mass is 386 g/mol. The molecule has 0 aliphatic heterocycles. The first kappa shape index (κ1) is 13.9. The Balaban J connectivity index is 2.38. The van der Waals surface area contributed by atoms with Crippen LogP contribution in [0.4, 0.5) is 11.5 Å². The van der Waals surface area contributed by atoms with Crippen LogP contribution in [0.15, 0.2) is 35.4 Å². The summed E-state index contributed by atoms with van der Waals surface area (Å²) in [6, 6.07) is 7.45. The van der Waals surface area contributed by atoms with E-state index in [0.717, 1.165) is 11.3 Å². The van der Waals surface area contributed by atoms with Crippen molar-refractivity contribution < 1.29 is 0 Å². The predicted octanol–water partition coefficient (Wildman–Crippen LogP) is 1.78. The zero-order valence-corrected chi connectivity index (χ0v) is 13.0. The number of anilines is 2. The number of aromatic amines is 1. The fourth-order valence-corrected chi connectivity index (χ4v) is 2.37. The van der Waals surface area contributed by atoms with Gasteiger partial charge in [0.1, 0.15) is 8.56 Å². The van der Waals surface area contributed by atoms with E-state index in [9.17, 15) is 4.79 Å². The van der Waals surface area contributed by atoms with Crippen molar-refractivity contribution in [2.24, 2.45) is 5.73 Å². The Kier molecular flexibility index (Phi) is 4.15. The van der Waals surface area contributed by atoms with Crippen LogP contribution in [0.1, 0.15) is 5.56 Å². The third kappa shape index (κ3) is 2.92. The van der Waals surface area contributed by atoms with E-state index in [1.54, 1.807) is 0 Å². The van der Waals surface area contributed by atoms with Gasteiger partial charge in [0.2, 0.25) is 0 Å². The Morgan fingerprint density at radius 2 is 2.05 bits per heavy atom. The normalized spacial score (nSPS) is 10.2. The average molecular weight is 386 g/mol. The number of aromatic nitrogens is 2. The fraction of sp³-hybridized carbons (Fsp3) is 0.0833. The van der Waals surface area contributed by atoms with Crippen LogP contribution in [0.2, 0.25) is 0 Å². The molecule has 0 atom stereocenters. The highest BCUT2D eigenvalue weighted by molar-refractivity contribution is 14.1. The second-order valence-electron chi connectivity index (χ2n) is 3.84. The molecule has 7 heteroatoms. The first-order chi connectivity index (χ1) is 9.00. The first-order valence-corrected chi connectivity index (χ1v) is 6.86. The van der Waals surface area contributed by atoms with Gasteiger partial charge < -0.3 is 15.6 Å². The number of nitrogens with two attached hydrogens (primary N) is 1. The van der Waals surface area contributed by atoms with Crippen molar-refractivity contribution in [3.05, 3.63) is 50.1 Å². The van der Waals surface area contributed by atoms with Gasteiger partial charge in [-0.2, -0.15) is 0 Å². The van der Waals surface area contributed by atoms with Gasteiger partial charge in [-0.05, 0) is 46.9 Å². The molecule has 0 spiro atoms. The molecule has 1 aromatic carbocycles. The van der Waals surface area contributed by atoms with E-state index in [0.29, 0.717) is 14.4 Å². The molecule has 1 aromatic heterocycles. The van der Waals surface area contributed by atoms with E-state index in [4.69, 9.17) is 18.0 Å². The summed E-state index contributed by atoms with van der Waals surface area (Å²) < 4.78 is 0.543. The van der Waals surface area contributed by atoms with Crippen LogP contribution in [0.3, 0.4) is 0 Å². The summed E-state index contributed by atoms with van der Waals surface area (Å²) in [5, 5.41) is 0. The van der Waals surface area contributed by atoms with E-state index in [1.807, 2.05) is 58.8 Å². The molecule has 0 amide bonds. The largest absolute Gasteiger partial charge is 0.389 e. The van der Waals surface area contributed by atoms with E-state index in [1.165, 1.54) is 6.33 Å². The first-order valence-electron chi connectivity index (χ1n) is 5.37. The third-order valence-corrected chi connectivity index (χ3v) is 3.84. The quantitative estimate of drug-likeness (QED) is 0.622. The topological polar surface area (TPSA) is 75.0 Å². The molecule has 5 nitrogen and oxygen atoms in total. The number of hydrogen-bond acceptors (Lipinski definition) is 4. The van der Waals surface area contributed by atoms with Crippen molar-refractivity contribution in [3.8, 4) is 0 Å². The summed E-state index contributed by atoms with van der Waals surface area (Å²) in [4.78, 5) is 20.5. The van der Waals surface area contributed by atoms with Gasteiger partial charge in [-0.3, -0.25) is 4.79 Å². The van der Waals surface area contributed by atoms with Crippen LogP contribution in [-0.2, 0) is 0 Å². The standard InChI is InChI=1S/C12H11IN4OS/c1-17(11-9(13)12(18)16-6-15-11)8-4-2-7(3-5-8)10(14)19/h2-6H,1H3,(H2,14,19)(H,15,16,18). The molecule has 3 N–H and O–H groups in total. The summed E-state index contributed by atoms with van der Waals surface area (Å²) >= 11 is 6.88. The fourth-order valence-electron chi connectivity index (χ4n) is 1.58. The van der Waals surface area contributed by atoms with Gasteiger partial charge in [-0.25, -0.2) is 4.98 Å². The lowest BCUT2D eigenvalue weighted by atomic mass is 10.2. The summed E-state index contributed by atoms with van der Waals surface area (Å²) in [6.45, 7) is 0. The molecule has 98 valence electrons. The van der Waals surface area contributed by atoms with E-state index in [-0.39, 0.29) is 5.56 Å². The Hall–Kier alpha value is -1.48. The maximum atomic E-state index is 11.6. The maximum absolute atomic E-state index is 11.6. The number of halogens is 1. The molecule has 0 aliphatic rings. The molecule has 1 heterocycles. The number of rotatable bonds is 3. The van der Waals surface area contributed by atoms with Gasteiger partial charge >= 0.3 is 0 Å². The van der Waals surface area contributed by atoms with Crippen LogP contribution < -0.4 is 16.2 Å². The molecule has 2 rings (SSSR count). The van der Waals surface area contributed by atoms with E-state index < -0.39 is 0 Å². The highest BCUT2D eigenvalue weighted by atomic mass is 127. The van der Waals surface area contributed by atoms with Gasteiger partial charge in [0.25, 0.3) is 5.56 Å². The van der Waals surface area contributed by atoms with Crippen molar-refractivity contribution in [1.29, 1.82) is 0 Å². The average Bonchev–Trinajstić information content (AvgIpc) is 2.41. The van der Waals surface area contributed by atoms with Gasteiger partial charge in [0.05, 0.1) is 6.33 Å². The van der Waals surface area contributed by atoms with Crippen molar-refractivity contribution in [1.82, 2.24) is 9.97 Å². The molecular weight excluding hydrogens is 375 g/mol. The van der Waals surface area contributed by atoms with E-state index in [2.05, 4.69) is 9.97 Å². The third-order valence-electron chi connectivity index (χ3n) is 2.63. The zero-order chi connectivity index (χ0) is 14.0. The summed E-state index contributed by atoms with van der Waals surface area (Å²) in [7, 11) is 1.85. The van der Waals surface area contributed by atoms with Crippen molar-refractivity contribution in [2.45, 2.75) is 0 Å². The maximum Gasteiger partial charge on any atom is 0.266 e. The van der Waals surface area contributed by atoms with Crippen LogP contribution in [0, 0.1) is 3.57 Å². The predicted molar refractivity (Wildman–Crippen MR) is 88.0 cm³/mol. The molecule has 2 aromatic rings. The molecule has 0 saturated carbocycles. The Labute approximate surface area is 129 Å². The highest BCUT2D eigenvalue weighted by Gasteiger charge is 2.12. The van der Waals surface area contributed by atoms with E-state index >= 15 is 0 Å². The van der Waals surface area contributed by atoms with Crippen LogP contribution in [0.5, 0.6) is 0 Å². The van der Waals surface area contributed by atoms with Gasteiger partial charge in [-0.1, -0.05) is 12.2 Å². The second-order valence-corrected chi connectivity index (χ2v) is 5.36. The lowest BCUT2D eigenvalue weighted by molar-refractivity contribution is 1.04. The molecule has 0 bridgehead atoms. The molecule has 0 fully saturated rings. The van der Waals surface area contributed by atoms with Gasteiger partial charge in [0.15, 0.2) is 5.82 Å². The van der Waals surface area contributed by atoms with Crippen molar-refractivity contribution in [3.63, 3.8) is 0 Å².